The van der Waals surface area contributed by atoms with Crippen molar-refractivity contribution in [2.45, 2.75) is 46.3 Å². The third-order valence-electron chi connectivity index (χ3n) is 2.93. The van der Waals surface area contributed by atoms with Crippen molar-refractivity contribution in [3.63, 3.8) is 0 Å². The smallest absolute Gasteiger partial charge is 0.157 e. The Labute approximate surface area is 118 Å². The van der Waals surface area contributed by atoms with Gasteiger partial charge in [-0.05, 0) is 12.5 Å². The number of hydrogen-bond acceptors (Lipinski definition) is 3. The SMILES string of the molecule is CCC(=O)CC(C)=NN(Cc1ccccc1)[SiH](C)C. The van der Waals surface area contributed by atoms with Gasteiger partial charge in [0.15, 0.2) is 8.96 Å². The number of hydrogen-bond donors (Lipinski definition) is 0. The molecular formula is C15H24N2OSi. The van der Waals surface area contributed by atoms with Gasteiger partial charge < -0.3 is 4.67 Å². The Hall–Kier alpha value is -1.42. The minimum Gasteiger partial charge on any atom is -0.324 e. The zero-order chi connectivity index (χ0) is 14.3. The molecule has 0 radical (unpaired) electrons. The molecule has 0 aliphatic carbocycles. The van der Waals surface area contributed by atoms with Crippen molar-refractivity contribution in [1.82, 2.24) is 4.67 Å². The molecule has 1 aromatic carbocycles. The molecule has 19 heavy (non-hydrogen) atoms. The molecule has 0 N–H and O–H groups in total. The lowest BCUT2D eigenvalue weighted by Crippen LogP contribution is -2.30. The Kier molecular flexibility index (Phi) is 6.49. The van der Waals surface area contributed by atoms with Crippen LogP contribution in [0.4, 0.5) is 0 Å². The molecule has 0 spiro atoms. The second-order valence-corrected chi connectivity index (χ2v) is 7.86. The van der Waals surface area contributed by atoms with Crippen LogP contribution in [-0.4, -0.2) is 25.1 Å². The van der Waals surface area contributed by atoms with E-state index >= 15 is 0 Å². The number of ketones is 1. The van der Waals surface area contributed by atoms with Crippen molar-refractivity contribution in [3.05, 3.63) is 35.9 Å². The van der Waals surface area contributed by atoms with Crippen LogP contribution in [-0.2, 0) is 11.3 Å². The zero-order valence-electron chi connectivity index (χ0n) is 12.4. The van der Waals surface area contributed by atoms with Crippen molar-refractivity contribution >= 4 is 20.5 Å². The van der Waals surface area contributed by atoms with Crippen molar-refractivity contribution in [1.29, 1.82) is 0 Å². The molecule has 1 aromatic rings. The molecule has 0 amide bonds. The highest BCUT2D eigenvalue weighted by Crippen LogP contribution is 2.08. The summed E-state index contributed by atoms with van der Waals surface area (Å²) in [6.07, 6.45) is 1.06. The molecule has 0 saturated heterocycles. The molecule has 1 rings (SSSR count). The van der Waals surface area contributed by atoms with Crippen LogP contribution in [0, 0.1) is 0 Å². The summed E-state index contributed by atoms with van der Waals surface area (Å²) < 4.78 is 2.17. The van der Waals surface area contributed by atoms with E-state index in [9.17, 15) is 4.79 Å². The van der Waals surface area contributed by atoms with E-state index in [0.29, 0.717) is 12.8 Å². The summed E-state index contributed by atoms with van der Waals surface area (Å²) in [5, 5.41) is 4.65. The molecule has 4 heteroatoms. The van der Waals surface area contributed by atoms with E-state index in [0.717, 1.165) is 12.3 Å². The van der Waals surface area contributed by atoms with Crippen LogP contribution in [0.1, 0.15) is 32.3 Å². The Balaban J connectivity index is 2.73. The quantitative estimate of drug-likeness (QED) is 0.435. The molecule has 3 nitrogen and oxygen atoms in total. The number of carbonyl (C=O) groups excluding carboxylic acids is 1. The topological polar surface area (TPSA) is 32.7 Å². The molecule has 0 aromatic heterocycles. The lowest BCUT2D eigenvalue weighted by Gasteiger charge is -2.24. The average Bonchev–Trinajstić information content (AvgIpc) is 2.38. The lowest BCUT2D eigenvalue weighted by atomic mass is 10.2. The number of carbonyl (C=O) groups is 1. The van der Waals surface area contributed by atoms with Gasteiger partial charge in [-0.1, -0.05) is 50.3 Å². The van der Waals surface area contributed by atoms with E-state index in [2.05, 4.69) is 35.0 Å². The van der Waals surface area contributed by atoms with Gasteiger partial charge in [-0.25, -0.2) is 0 Å². The number of benzene rings is 1. The first-order valence-electron chi connectivity index (χ1n) is 6.89. The fraction of sp³-hybridized carbons (Fsp3) is 0.467. The number of rotatable bonds is 7. The van der Waals surface area contributed by atoms with Crippen molar-refractivity contribution in [3.8, 4) is 0 Å². The van der Waals surface area contributed by atoms with Crippen LogP contribution >= 0.6 is 0 Å². The van der Waals surface area contributed by atoms with Gasteiger partial charge in [0.2, 0.25) is 0 Å². The Morgan fingerprint density at radius 1 is 1.26 bits per heavy atom. The van der Waals surface area contributed by atoms with Crippen LogP contribution in [0.2, 0.25) is 13.1 Å². The van der Waals surface area contributed by atoms with Gasteiger partial charge >= 0.3 is 0 Å². The summed E-state index contributed by atoms with van der Waals surface area (Å²) in [5.41, 5.74) is 2.19. The summed E-state index contributed by atoms with van der Waals surface area (Å²) in [6, 6.07) is 10.4. The maximum atomic E-state index is 11.4. The van der Waals surface area contributed by atoms with Gasteiger partial charge in [0.1, 0.15) is 5.78 Å². The summed E-state index contributed by atoms with van der Waals surface area (Å²) in [7, 11) is -1.03. The van der Waals surface area contributed by atoms with E-state index < -0.39 is 8.96 Å². The van der Waals surface area contributed by atoms with Crippen molar-refractivity contribution in [2.75, 3.05) is 0 Å². The zero-order valence-corrected chi connectivity index (χ0v) is 13.5. The Bertz CT molecular complexity index is 429. The highest BCUT2D eigenvalue weighted by atomic mass is 28.3. The van der Waals surface area contributed by atoms with Gasteiger partial charge in [0.05, 0.1) is 6.54 Å². The van der Waals surface area contributed by atoms with Gasteiger partial charge in [-0.15, -0.1) is 0 Å². The summed E-state index contributed by atoms with van der Waals surface area (Å²) in [6.45, 7) is 9.18. The van der Waals surface area contributed by atoms with Crippen molar-refractivity contribution < 1.29 is 4.79 Å². The molecule has 0 saturated carbocycles. The normalized spacial score (nSPS) is 11.7. The fourth-order valence-corrected chi connectivity index (χ4v) is 2.77. The van der Waals surface area contributed by atoms with Crippen LogP contribution in [0.25, 0.3) is 0 Å². The van der Waals surface area contributed by atoms with Gasteiger partial charge in [0, 0.05) is 18.6 Å². The molecule has 104 valence electrons. The summed E-state index contributed by atoms with van der Waals surface area (Å²) >= 11 is 0. The molecule has 0 heterocycles. The highest BCUT2D eigenvalue weighted by molar-refractivity contribution is 6.52. The van der Waals surface area contributed by atoms with Gasteiger partial charge in [0.25, 0.3) is 0 Å². The maximum absolute atomic E-state index is 11.4. The monoisotopic (exact) mass is 276 g/mol. The Morgan fingerprint density at radius 3 is 2.42 bits per heavy atom. The summed E-state index contributed by atoms with van der Waals surface area (Å²) in [4.78, 5) is 11.4. The van der Waals surface area contributed by atoms with E-state index in [1.165, 1.54) is 5.56 Å². The van der Waals surface area contributed by atoms with Crippen LogP contribution < -0.4 is 0 Å². The first-order chi connectivity index (χ1) is 9.02. The predicted octanol–water partition coefficient (Wildman–Crippen LogP) is 3.22. The minimum absolute atomic E-state index is 0.256. The summed E-state index contributed by atoms with van der Waals surface area (Å²) in [5.74, 6) is 0.256. The molecule has 0 bridgehead atoms. The lowest BCUT2D eigenvalue weighted by molar-refractivity contribution is -0.117. The van der Waals surface area contributed by atoms with Crippen LogP contribution in [0.15, 0.2) is 35.4 Å². The van der Waals surface area contributed by atoms with Crippen molar-refractivity contribution in [2.24, 2.45) is 5.10 Å². The van der Waals surface area contributed by atoms with E-state index in [1.54, 1.807) is 0 Å². The highest BCUT2D eigenvalue weighted by Gasteiger charge is 2.10. The number of hydrazone groups is 1. The molecule has 0 aliphatic heterocycles. The Morgan fingerprint density at radius 2 is 1.89 bits per heavy atom. The molecule has 0 unspecified atom stereocenters. The number of nitrogens with zero attached hydrogens (tertiary/aromatic N) is 2. The van der Waals surface area contributed by atoms with E-state index in [1.807, 2.05) is 32.0 Å². The predicted molar refractivity (Wildman–Crippen MR) is 83.9 cm³/mol. The molecular weight excluding hydrogens is 252 g/mol. The van der Waals surface area contributed by atoms with Gasteiger partial charge in [-0.3, -0.25) is 4.79 Å². The third-order valence-corrected chi connectivity index (χ3v) is 4.42. The standard InChI is InChI=1S/C15H24N2OSi/c1-5-15(18)11-13(2)16-17(19(3)4)12-14-9-7-6-8-10-14/h6-10,19H,5,11-12H2,1-4H3. The molecule has 0 fully saturated rings. The third kappa shape index (κ3) is 5.83. The van der Waals surface area contributed by atoms with Crippen LogP contribution in [0.5, 0.6) is 0 Å². The van der Waals surface area contributed by atoms with E-state index in [4.69, 9.17) is 0 Å². The molecule has 0 aliphatic rings. The van der Waals surface area contributed by atoms with Gasteiger partial charge in [-0.2, -0.15) is 5.10 Å². The van der Waals surface area contributed by atoms with E-state index in [-0.39, 0.29) is 5.78 Å². The number of Topliss-reactive ketones (excluding diaryl/α,β-unsaturated/α-hetero) is 1. The first kappa shape index (κ1) is 15.6. The largest absolute Gasteiger partial charge is 0.324 e. The first-order valence-corrected chi connectivity index (χ1v) is 9.71. The second kappa shape index (κ2) is 7.89. The maximum Gasteiger partial charge on any atom is 0.157 e. The average molecular weight is 276 g/mol. The fourth-order valence-electron chi connectivity index (χ4n) is 1.77. The minimum atomic E-state index is -1.03. The molecule has 0 atom stereocenters. The van der Waals surface area contributed by atoms with Crippen LogP contribution in [0.3, 0.4) is 0 Å². The second-order valence-electron chi connectivity index (χ2n) is 5.08.